The molecule has 0 aromatic rings. The van der Waals surface area contributed by atoms with E-state index in [-0.39, 0.29) is 13.4 Å². The van der Waals surface area contributed by atoms with Crippen LogP contribution in [0.15, 0.2) is 12.3 Å². The van der Waals surface area contributed by atoms with Crippen molar-refractivity contribution in [1.82, 2.24) is 0 Å². The van der Waals surface area contributed by atoms with Gasteiger partial charge in [-0.05, 0) is 0 Å². The van der Waals surface area contributed by atoms with Gasteiger partial charge in [-0.2, -0.15) is 0 Å². The third kappa shape index (κ3) is 1.03. The fourth-order valence-corrected chi connectivity index (χ4v) is 0.314. The van der Waals surface area contributed by atoms with Crippen LogP contribution < -0.4 is 0 Å². The van der Waals surface area contributed by atoms with Gasteiger partial charge >= 0.3 is 5.97 Å². The summed E-state index contributed by atoms with van der Waals surface area (Å²) in [5.41, 5.74) is 0. The zero-order valence-corrected chi connectivity index (χ0v) is 3.23. The highest BCUT2D eigenvalue weighted by Crippen LogP contribution is 2.13. The van der Waals surface area contributed by atoms with E-state index in [1.165, 1.54) is 0 Å². The van der Waals surface area contributed by atoms with E-state index < -0.39 is 0 Å². The Morgan fingerprint density at radius 1 is 1.71 bits per heavy atom. The zero-order valence-electron chi connectivity index (χ0n) is 3.23. The lowest BCUT2D eigenvalue weighted by atomic mass is 10.3. The largest absolute Gasteiger partial charge is 0.431 e. The van der Waals surface area contributed by atoms with Gasteiger partial charge in [0.15, 0.2) is 0 Å². The Morgan fingerprint density at radius 2 is 2.14 bits per heavy atom. The highest BCUT2D eigenvalue weighted by Gasteiger charge is 2.17. The quantitative estimate of drug-likeness (QED) is 0.426. The van der Waals surface area contributed by atoms with Gasteiger partial charge in [-0.15, -0.1) is 0 Å². The lowest BCUT2D eigenvalue weighted by Gasteiger charge is -2.12. The summed E-state index contributed by atoms with van der Waals surface area (Å²) in [5.74, 6) is 0.417. The molecule has 0 spiro atoms. The van der Waals surface area contributed by atoms with Gasteiger partial charge in [0.25, 0.3) is 0 Å². The Bertz CT molecular complexity index is 82.6. The molecule has 40 valence electrons. The van der Waals surface area contributed by atoms with Crippen molar-refractivity contribution in [2.45, 2.75) is 13.8 Å². The summed E-state index contributed by atoms with van der Waals surface area (Å²) in [4.78, 5) is 9.83. The molecule has 0 aromatic carbocycles. The van der Waals surface area contributed by atoms with Gasteiger partial charge in [-0.25, -0.2) is 0 Å². The van der Waals surface area contributed by atoms with Gasteiger partial charge in [-0.3, -0.25) is 4.79 Å². The molecule has 2 heteroatoms. The molecule has 2 nitrogen and oxygen atoms in total. The molecular weight excluding hydrogens is 92.1 g/mol. The fraction of sp³-hybridized carbons (Fsp3) is 0.400. The summed E-state index contributed by atoms with van der Waals surface area (Å²) < 4.78 is 4.31. The molecule has 0 radical (unpaired) electrons. The maximum Gasteiger partial charge on any atom is 0.318 e. The van der Waals surface area contributed by atoms with Gasteiger partial charge < -0.3 is 4.74 Å². The first-order valence-electron chi connectivity index (χ1n) is 1.67. The second-order valence-electron chi connectivity index (χ2n) is 1.19. The molecule has 1 aliphatic heterocycles. The zero-order chi connectivity index (χ0) is 4.57. The molecule has 1 rings (SSSR count). The first-order valence-corrected chi connectivity index (χ1v) is 1.67. The molecule has 0 amide bonds. The van der Waals surface area contributed by atoms with Crippen LogP contribution in [-0.4, -0.2) is 5.97 Å². The summed E-state index contributed by atoms with van der Waals surface area (Å²) >= 11 is 0. The van der Waals surface area contributed by atoms with Crippen LogP contribution in [0.1, 0.15) is 13.8 Å². The van der Waals surface area contributed by atoms with Crippen LogP contribution in [0, 0.1) is 0 Å². The molecule has 7 heavy (non-hydrogen) atoms. The van der Waals surface area contributed by atoms with Crippen LogP contribution in [-0.2, 0) is 9.53 Å². The summed E-state index contributed by atoms with van der Waals surface area (Å²) in [6.07, 6.45) is 0.417. The number of esters is 1. The molecule has 1 fully saturated rings. The third-order valence-corrected chi connectivity index (χ3v) is 0.600. The van der Waals surface area contributed by atoms with E-state index in [1.54, 1.807) is 0 Å². The highest BCUT2D eigenvalue weighted by molar-refractivity contribution is 5.79. The molecule has 0 aliphatic carbocycles. The summed E-state index contributed by atoms with van der Waals surface area (Å²) in [6.45, 7) is 3.37. The van der Waals surface area contributed by atoms with Crippen LogP contribution in [0.3, 0.4) is 0 Å². The molecule has 1 heterocycles. The van der Waals surface area contributed by atoms with Crippen molar-refractivity contribution in [1.29, 1.82) is 0 Å². The molecule has 0 N–H and O–H groups in total. The van der Waals surface area contributed by atoms with Crippen molar-refractivity contribution in [3.05, 3.63) is 12.3 Å². The SMILES string of the molecule is C.C=C1CC(=O)O1. The van der Waals surface area contributed by atoms with Gasteiger partial charge in [0, 0.05) is 0 Å². The van der Waals surface area contributed by atoms with Gasteiger partial charge in [0.1, 0.15) is 12.2 Å². The minimum Gasteiger partial charge on any atom is -0.431 e. The minimum absolute atomic E-state index is 0. The second kappa shape index (κ2) is 1.78. The summed E-state index contributed by atoms with van der Waals surface area (Å²) in [5, 5.41) is 0. The van der Waals surface area contributed by atoms with Crippen molar-refractivity contribution in [3.8, 4) is 0 Å². The molecule has 1 saturated heterocycles. The Hall–Kier alpha value is -0.790. The predicted molar refractivity (Wildman–Crippen MR) is 26.6 cm³/mol. The number of hydrogen-bond acceptors (Lipinski definition) is 2. The number of ether oxygens (including phenoxy) is 1. The lowest BCUT2D eigenvalue weighted by Crippen LogP contribution is -2.15. The molecule has 0 unspecified atom stereocenters. The van der Waals surface area contributed by atoms with Crippen molar-refractivity contribution in [3.63, 3.8) is 0 Å². The average Bonchev–Trinajstić information content (AvgIpc) is 1.33. The lowest BCUT2D eigenvalue weighted by molar-refractivity contribution is -0.148. The molecule has 0 saturated carbocycles. The van der Waals surface area contributed by atoms with Gasteiger partial charge in [-0.1, -0.05) is 14.0 Å². The molecule has 0 bridgehead atoms. The van der Waals surface area contributed by atoms with E-state index in [9.17, 15) is 4.79 Å². The minimum atomic E-state index is -0.167. The van der Waals surface area contributed by atoms with E-state index in [4.69, 9.17) is 0 Å². The number of carbonyl (C=O) groups is 1. The first-order chi connectivity index (χ1) is 2.79. The Balaban J connectivity index is 0.000000360. The maximum absolute atomic E-state index is 9.83. The highest BCUT2D eigenvalue weighted by atomic mass is 16.6. The third-order valence-electron chi connectivity index (χ3n) is 0.600. The van der Waals surface area contributed by atoms with Crippen LogP contribution >= 0.6 is 0 Å². The van der Waals surface area contributed by atoms with Crippen LogP contribution in [0.5, 0.6) is 0 Å². The van der Waals surface area contributed by atoms with Crippen LogP contribution in [0.2, 0.25) is 0 Å². The van der Waals surface area contributed by atoms with Crippen molar-refractivity contribution in [2.75, 3.05) is 0 Å². The molecule has 0 atom stereocenters. The van der Waals surface area contributed by atoms with Crippen LogP contribution in [0.4, 0.5) is 0 Å². The van der Waals surface area contributed by atoms with Gasteiger partial charge in [0.05, 0.1) is 0 Å². The maximum atomic E-state index is 9.83. The topological polar surface area (TPSA) is 26.3 Å². The van der Waals surface area contributed by atoms with E-state index in [1.807, 2.05) is 0 Å². The van der Waals surface area contributed by atoms with Crippen molar-refractivity contribution >= 4 is 5.97 Å². The monoisotopic (exact) mass is 100 g/mol. The molecule has 1 aliphatic rings. The average molecular weight is 100 g/mol. The van der Waals surface area contributed by atoms with Crippen molar-refractivity contribution in [2.24, 2.45) is 0 Å². The fourth-order valence-electron chi connectivity index (χ4n) is 0.314. The van der Waals surface area contributed by atoms with E-state index in [0.717, 1.165) is 0 Å². The van der Waals surface area contributed by atoms with Crippen molar-refractivity contribution < 1.29 is 9.53 Å². The summed E-state index contributed by atoms with van der Waals surface area (Å²) in [7, 11) is 0. The summed E-state index contributed by atoms with van der Waals surface area (Å²) in [6, 6.07) is 0. The Labute approximate surface area is 42.8 Å². The van der Waals surface area contributed by atoms with Gasteiger partial charge in [0.2, 0.25) is 0 Å². The standard InChI is InChI=1S/C4H4O2.CH4/c1-3-2-4(5)6-3;/h1-2H2;1H4. The number of hydrogen-bond donors (Lipinski definition) is 0. The number of carbonyl (C=O) groups excluding carboxylic acids is 1. The van der Waals surface area contributed by atoms with E-state index in [0.29, 0.717) is 12.2 Å². The normalized spacial score (nSPS) is 16.6. The molecular formula is C5H8O2. The number of rotatable bonds is 0. The second-order valence-corrected chi connectivity index (χ2v) is 1.19. The van der Waals surface area contributed by atoms with E-state index in [2.05, 4.69) is 11.3 Å². The Morgan fingerprint density at radius 3 is 2.14 bits per heavy atom. The molecule has 0 aromatic heterocycles. The number of cyclic esters (lactones) is 1. The predicted octanol–water partition coefficient (Wildman–Crippen LogP) is 1.08. The first kappa shape index (κ1) is 6.21. The Kier molecular flexibility index (Phi) is 1.58. The van der Waals surface area contributed by atoms with E-state index >= 15 is 0 Å². The smallest absolute Gasteiger partial charge is 0.318 e. The van der Waals surface area contributed by atoms with Crippen LogP contribution in [0.25, 0.3) is 0 Å².